The maximum atomic E-state index is 5.70. The summed E-state index contributed by atoms with van der Waals surface area (Å²) in [6, 6.07) is 1.66. The van der Waals surface area contributed by atoms with Gasteiger partial charge < -0.3 is 9.47 Å². The highest BCUT2D eigenvalue weighted by atomic mass is 35.5. The van der Waals surface area contributed by atoms with Crippen LogP contribution in [0.4, 0.5) is 0 Å². The molecule has 1 atom stereocenters. The van der Waals surface area contributed by atoms with Gasteiger partial charge in [-0.15, -0.1) is 0 Å². The van der Waals surface area contributed by atoms with E-state index in [1.807, 2.05) is 0 Å². The maximum absolute atomic E-state index is 5.70. The van der Waals surface area contributed by atoms with E-state index in [4.69, 9.17) is 32.7 Å². The Bertz CT molecular complexity index is 323. The molecule has 15 heavy (non-hydrogen) atoms. The van der Waals surface area contributed by atoms with E-state index in [9.17, 15) is 0 Å². The molecule has 0 bridgehead atoms. The lowest BCUT2D eigenvalue weighted by molar-refractivity contribution is 0.0645. The summed E-state index contributed by atoms with van der Waals surface area (Å²) in [4.78, 5) is 7.77. The lowest BCUT2D eigenvalue weighted by Crippen LogP contribution is -2.17. The van der Waals surface area contributed by atoms with Crippen LogP contribution in [0, 0.1) is 0 Å². The summed E-state index contributed by atoms with van der Waals surface area (Å²) in [6.07, 6.45) is 2.21. The van der Waals surface area contributed by atoms with Crippen LogP contribution in [0.3, 0.4) is 0 Å². The quantitative estimate of drug-likeness (QED) is 0.771. The van der Waals surface area contributed by atoms with Crippen LogP contribution >= 0.6 is 23.2 Å². The van der Waals surface area contributed by atoms with Gasteiger partial charge in [-0.1, -0.05) is 23.2 Å². The van der Waals surface area contributed by atoms with E-state index in [-0.39, 0.29) is 22.4 Å². The first-order valence-corrected chi connectivity index (χ1v) is 5.44. The molecule has 1 fully saturated rings. The number of hydrogen-bond acceptors (Lipinski definition) is 4. The van der Waals surface area contributed by atoms with Crippen LogP contribution in [0.15, 0.2) is 6.07 Å². The van der Waals surface area contributed by atoms with Crippen molar-refractivity contribution in [3.63, 3.8) is 0 Å². The molecule has 2 heterocycles. The summed E-state index contributed by atoms with van der Waals surface area (Å²) in [5.41, 5.74) is 0. The van der Waals surface area contributed by atoms with Gasteiger partial charge in [-0.2, -0.15) is 9.97 Å². The van der Waals surface area contributed by atoms with E-state index in [0.717, 1.165) is 19.4 Å². The zero-order valence-electron chi connectivity index (χ0n) is 7.95. The summed E-state index contributed by atoms with van der Waals surface area (Å²) < 4.78 is 10.7. The lowest BCUT2D eigenvalue weighted by Gasteiger charge is -2.09. The van der Waals surface area contributed by atoms with Crippen LogP contribution in [0.25, 0.3) is 0 Å². The van der Waals surface area contributed by atoms with Crippen molar-refractivity contribution in [1.29, 1.82) is 0 Å². The molecule has 0 amide bonds. The molecule has 1 aromatic rings. The molecule has 6 heteroatoms. The topological polar surface area (TPSA) is 44.2 Å². The van der Waals surface area contributed by atoms with Crippen LogP contribution in [0.2, 0.25) is 10.3 Å². The number of aromatic nitrogens is 2. The van der Waals surface area contributed by atoms with Crippen LogP contribution < -0.4 is 4.74 Å². The second-order valence-corrected chi connectivity index (χ2v) is 4.02. The number of ether oxygens (including phenoxy) is 2. The van der Waals surface area contributed by atoms with E-state index in [1.165, 1.54) is 6.07 Å². The summed E-state index contributed by atoms with van der Waals surface area (Å²) in [5, 5.41) is 0.551. The van der Waals surface area contributed by atoms with Crippen molar-refractivity contribution >= 4 is 23.2 Å². The monoisotopic (exact) mass is 248 g/mol. The van der Waals surface area contributed by atoms with E-state index in [0.29, 0.717) is 6.61 Å². The first-order chi connectivity index (χ1) is 7.24. The zero-order chi connectivity index (χ0) is 10.7. The lowest BCUT2D eigenvalue weighted by atomic mass is 10.2. The Morgan fingerprint density at radius 2 is 2.13 bits per heavy atom. The molecule has 1 aliphatic heterocycles. The summed E-state index contributed by atoms with van der Waals surface area (Å²) in [6.45, 7) is 1.24. The molecule has 1 aromatic heterocycles. The predicted molar refractivity (Wildman–Crippen MR) is 56.5 cm³/mol. The van der Waals surface area contributed by atoms with Crippen molar-refractivity contribution < 1.29 is 9.47 Å². The third-order valence-electron chi connectivity index (χ3n) is 2.07. The molecule has 4 nitrogen and oxygen atoms in total. The first-order valence-electron chi connectivity index (χ1n) is 4.68. The number of rotatable bonds is 3. The number of hydrogen-bond donors (Lipinski definition) is 0. The van der Waals surface area contributed by atoms with Gasteiger partial charge in [0.1, 0.15) is 16.9 Å². The third-order valence-corrected chi connectivity index (χ3v) is 2.45. The smallest absolute Gasteiger partial charge is 0.319 e. The van der Waals surface area contributed by atoms with E-state index < -0.39 is 0 Å². The standard InChI is InChI=1S/C9H10Cl2N2O2/c10-7-4-8(11)13-9(12-7)15-5-6-2-1-3-14-6/h4,6H,1-3,5H2/t6-/m1/s1. The summed E-state index contributed by atoms with van der Waals surface area (Å²) >= 11 is 11.4. The minimum absolute atomic E-state index is 0.131. The van der Waals surface area contributed by atoms with E-state index in [2.05, 4.69) is 9.97 Å². The third kappa shape index (κ3) is 3.19. The highest BCUT2D eigenvalue weighted by Gasteiger charge is 2.16. The van der Waals surface area contributed by atoms with Crippen LogP contribution in [0.1, 0.15) is 12.8 Å². The second kappa shape index (κ2) is 4.96. The molecule has 0 N–H and O–H groups in total. The Kier molecular flexibility index (Phi) is 3.61. The van der Waals surface area contributed by atoms with Gasteiger partial charge in [0.2, 0.25) is 0 Å². The van der Waals surface area contributed by atoms with Gasteiger partial charge in [0, 0.05) is 12.7 Å². The normalized spacial score (nSPS) is 20.5. The highest BCUT2D eigenvalue weighted by molar-refractivity contribution is 6.33. The van der Waals surface area contributed by atoms with Gasteiger partial charge in [0.15, 0.2) is 0 Å². The Morgan fingerprint density at radius 1 is 1.40 bits per heavy atom. The SMILES string of the molecule is Clc1cc(Cl)nc(OC[C@H]2CCCO2)n1. The van der Waals surface area contributed by atoms with Crippen molar-refractivity contribution in [2.75, 3.05) is 13.2 Å². The molecule has 0 saturated carbocycles. The molecular weight excluding hydrogens is 239 g/mol. The molecule has 1 saturated heterocycles. The molecule has 0 aromatic carbocycles. The molecule has 0 spiro atoms. The fourth-order valence-electron chi connectivity index (χ4n) is 1.38. The van der Waals surface area contributed by atoms with Gasteiger partial charge in [-0.25, -0.2) is 0 Å². The van der Waals surface area contributed by atoms with Gasteiger partial charge in [0.25, 0.3) is 0 Å². The fourth-order valence-corrected chi connectivity index (χ4v) is 1.79. The van der Waals surface area contributed by atoms with Crippen molar-refractivity contribution in [3.8, 4) is 6.01 Å². The van der Waals surface area contributed by atoms with Crippen LogP contribution in [0.5, 0.6) is 6.01 Å². The molecule has 0 unspecified atom stereocenters. The van der Waals surface area contributed by atoms with Crippen molar-refractivity contribution in [3.05, 3.63) is 16.4 Å². The highest BCUT2D eigenvalue weighted by Crippen LogP contribution is 2.17. The molecule has 2 rings (SSSR count). The molecule has 1 aliphatic rings. The van der Waals surface area contributed by atoms with Crippen molar-refractivity contribution in [2.45, 2.75) is 18.9 Å². The summed E-state index contributed by atoms with van der Waals surface area (Å²) in [7, 11) is 0. The Labute approximate surface area is 97.5 Å². The van der Waals surface area contributed by atoms with Gasteiger partial charge in [-0.05, 0) is 12.8 Å². The summed E-state index contributed by atoms with van der Waals surface area (Å²) in [5.74, 6) is 0. The molecular formula is C9H10Cl2N2O2. The maximum Gasteiger partial charge on any atom is 0.319 e. The molecule has 82 valence electrons. The number of halogens is 2. The van der Waals surface area contributed by atoms with Crippen LogP contribution in [-0.4, -0.2) is 29.3 Å². The Hall–Kier alpha value is -0.580. The molecule has 0 radical (unpaired) electrons. The van der Waals surface area contributed by atoms with Gasteiger partial charge in [0.05, 0.1) is 6.10 Å². The zero-order valence-corrected chi connectivity index (χ0v) is 9.46. The fraction of sp³-hybridized carbons (Fsp3) is 0.556. The van der Waals surface area contributed by atoms with Gasteiger partial charge in [-0.3, -0.25) is 0 Å². The van der Waals surface area contributed by atoms with E-state index >= 15 is 0 Å². The predicted octanol–water partition coefficient (Wildman–Crippen LogP) is 2.34. The Balaban J connectivity index is 1.92. The largest absolute Gasteiger partial charge is 0.461 e. The van der Waals surface area contributed by atoms with Crippen LogP contribution in [-0.2, 0) is 4.74 Å². The van der Waals surface area contributed by atoms with Crippen molar-refractivity contribution in [1.82, 2.24) is 9.97 Å². The average Bonchev–Trinajstić information content (AvgIpc) is 2.65. The first kappa shape index (κ1) is 10.9. The minimum atomic E-state index is 0.131. The van der Waals surface area contributed by atoms with Crippen molar-refractivity contribution in [2.24, 2.45) is 0 Å². The Morgan fingerprint density at radius 3 is 2.73 bits per heavy atom. The average molecular weight is 249 g/mol. The minimum Gasteiger partial charge on any atom is -0.461 e. The van der Waals surface area contributed by atoms with E-state index in [1.54, 1.807) is 0 Å². The second-order valence-electron chi connectivity index (χ2n) is 3.24. The molecule has 0 aliphatic carbocycles. The number of nitrogens with zero attached hydrogens (tertiary/aromatic N) is 2. The van der Waals surface area contributed by atoms with Gasteiger partial charge >= 0.3 is 6.01 Å².